The van der Waals surface area contributed by atoms with Crippen LogP contribution in [0, 0.1) is 5.92 Å². The van der Waals surface area contributed by atoms with Gasteiger partial charge in [-0.05, 0) is 57.0 Å². The normalized spacial score (nSPS) is 18.9. The Kier molecular flexibility index (Phi) is 7.04. The van der Waals surface area contributed by atoms with Gasteiger partial charge in [-0.3, -0.25) is 0 Å². The van der Waals surface area contributed by atoms with E-state index in [9.17, 15) is 0 Å². The van der Waals surface area contributed by atoms with Crippen LogP contribution in [-0.4, -0.2) is 31.1 Å². The Morgan fingerprint density at radius 2 is 1.91 bits per heavy atom. The monoisotopic (exact) mass is 323 g/mol. The first-order valence-electron chi connectivity index (χ1n) is 8.80. The van der Waals surface area contributed by atoms with Gasteiger partial charge in [0.1, 0.15) is 5.75 Å². The van der Waals surface area contributed by atoms with Crippen LogP contribution in [-0.2, 0) is 0 Å². The van der Waals surface area contributed by atoms with E-state index in [1.807, 2.05) is 19.1 Å². The quantitative estimate of drug-likeness (QED) is 0.670. The van der Waals surface area contributed by atoms with Gasteiger partial charge in [-0.25, -0.2) is 0 Å². The molecule has 2 nitrogen and oxygen atoms in total. The maximum Gasteiger partial charge on any atom is 0.122 e. The van der Waals surface area contributed by atoms with E-state index in [4.69, 9.17) is 16.3 Å². The molecule has 0 amide bonds. The van der Waals surface area contributed by atoms with E-state index in [2.05, 4.69) is 24.8 Å². The molecule has 22 heavy (non-hydrogen) atoms. The molecule has 1 aliphatic heterocycles. The van der Waals surface area contributed by atoms with E-state index < -0.39 is 0 Å². The first kappa shape index (κ1) is 17.6. The van der Waals surface area contributed by atoms with Gasteiger partial charge in [-0.1, -0.05) is 38.3 Å². The third-order valence-corrected chi connectivity index (χ3v) is 5.14. The molecule has 0 bridgehead atoms. The minimum absolute atomic E-state index is 0.489. The summed E-state index contributed by atoms with van der Waals surface area (Å²) in [6, 6.07) is 6.09. The second kappa shape index (κ2) is 8.79. The van der Waals surface area contributed by atoms with Gasteiger partial charge < -0.3 is 9.64 Å². The summed E-state index contributed by atoms with van der Waals surface area (Å²) in [6.45, 7) is 11.0. The van der Waals surface area contributed by atoms with Gasteiger partial charge in [0.15, 0.2) is 0 Å². The van der Waals surface area contributed by atoms with Gasteiger partial charge in [0.05, 0.1) is 6.61 Å². The van der Waals surface area contributed by atoms with E-state index >= 15 is 0 Å². The Labute approximate surface area is 140 Å². The molecule has 0 radical (unpaired) electrons. The van der Waals surface area contributed by atoms with Crippen molar-refractivity contribution in [2.45, 2.75) is 52.4 Å². The number of benzene rings is 1. The molecule has 0 aliphatic carbocycles. The maximum absolute atomic E-state index is 6.28. The molecule has 2 unspecified atom stereocenters. The van der Waals surface area contributed by atoms with Crippen molar-refractivity contribution in [2.24, 2.45) is 5.92 Å². The zero-order chi connectivity index (χ0) is 15.9. The van der Waals surface area contributed by atoms with Crippen molar-refractivity contribution in [1.82, 2.24) is 4.90 Å². The lowest BCUT2D eigenvalue weighted by atomic mass is 9.84. The highest BCUT2D eigenvalue weighted by molar-refractivity contribution is 6.30. The molecule has 1 saturated heterocycles. The molecular weight excluding hydrogens is 294 g/mol. The van der Waals surface area contributed by atoms with E-state index in [1.54, 1.807) is 0 Å². The second-order valence-electron chi connectivity index (χ2n) is 6.47. The molecule has 3 heteroatoms. The summed E-state index contributed by atoms with van der Waals surface area (Å²) in [6.07, 6.45) is 5.23. The molecule has 0 N–H and O–H groups in total. The van der Waals surface area contributed by atoms with Gasteiger partial charge in [0, 0.05) is 23.0 Å². The lowest BCUT2D eigenvalue weighted by molar-refractivity contribution is 0.195. The van der Waals surface area contributed by atoms with Gasteiger partial charge in [-0.15, -0.1) is 0 Å². The summed E-state index contributed by atoms with van der Waals surface area (Å²) in [5.41, 5.74) is 1.29. The molecule has 2 rings (SSSR count). The van der Waals surface area contributed by atoms with Crippen LogP contribution >= 0.6 is 11.6 Å². The summed E-state index contributed by atoms with van der Waals surface area (Å²) in [7, 11) is 0. The van der Waals surface area contributed by atoms with E-state index in [0.29, 0.717) is 18.4 Å². The highest BCUT2D eigenvalue weighted by atomic mass is 35.5. The fourth-order valence-corrected chi connectivity index (χ4v) is 3.57. The van der Waals surface area contributed by atoms with Crippen molar-refractivity contribution >= 4 is 11.6 Å². The fourth-order valence-electron chi connectivity index (χ4n) is 3.39. The lowest BCUT2D eigenvalue weighted by Gasteiger charge is -2.34. The topological polar surface area (TPSA) is 12.5 Å². The SMILES string of the molecule is CCOc1ccc(Cl)cc1C(CN1CCCCC1)C(C)CC. The van der Waals surface area contributed by atoms with Crippen LogP contribution in [0.15, 0.2) is 18.2 Å². The highest BCUT2D eigenvalue weighted by Crippen LogP contribution is 2.36. The maximum atomic E-state index is 6.28. The molecule has 0 aromatic heterocycles. The molecule has 2 atom stereocenters. The van der Waals surface area contributed by atoms with Crippen molar-refractivity contribution in [3.63, 3.8) is 0 Å². The largest absolute Gasteiger partial charge is 0.494 e. The summed E-state index contributed by atoms with van der Waals surface area (Å²) >= 11 is 6.28. The zero-order valence-electron chi connectivity index (χ0n) is 14.3. The van der Waals surface area contributed by atoms with E-state index in [-0.39, 0.29) is 0 Å². The number of halogens is 1. The number of rotatable bonds is 7. The minimum atomic E-state index is 0.489. The van der Waals surface area contributed by atoms with Crippen molar-refractivity contribution in [3.8, 4) is 5.75 Å². The van der Waals surface area contributed by atoms with Crippen molar-refractivity contribution < 1.29 is 4.74 Å². The average molecular weight is 324 g/mol. The lowest BCUT2D eigenvalue weighted by Crippen LogP contribution is -2.35. The number of likely N-dealkylation sites (tertiary alicyclic amines) is 1. The molecule has 1 aromatic rings. The molecule has 1 heterocycles. The predicted octanol–water partition coefficient (Wildman–Crippen LogP) is 5.35. The Bertz CT molecular complexity index is 457. The predicted molar refractivity (Wildman–Crippen MR) is 95.1 cm³/mol. The molecule has 1 fully saturated rings. The highest BCUT2D eigenvalue weighted by Gasteiger charge is 2.25. The number of hydrogen-bond acceptors (Lipinski definition) is 2. The number of piperidine rings is 1. The van der Waals surface area contributed by atoms with Crippen LogP contribution in [0.2, 0.25) is 5.02 Å². The van der Waals surface area contributed by atoms with Crippen LogP contribution in [0.25, 0.3) is 0 Å². The Balaban J connectivity index is 2.25. The third kappa shape index (κ3) is 4.63. The van der Waals surface area contributed by atoms with Crippen molar-refractivity contribution in [1.29, 1.82) is 0 Å². The Morgan fingerprint density at radius 1 is 1.18 bits per heavy atom. The smallest absolute Gasteiger partial charge is 0.122 e. The summed E-state index contributed by atoms with van der Waals surface area (Å²) in [5.74, 6) is 2.12. The van der Waals surface area contributed by atoms with Crippen LogP contribution in [0.3, 0.4) is 0 Å². The average Bonchev–Trinajstić information content (AvgIpc) is 2.55. The number of hydrogen-bond donors (Lipinski definition) is 0. The van der Waals surface area contributed by atoms with Crippen LogP contribution in [0.5, 0.6) is 5.75 Å². The van der Waals surface area contributed by atoms with Crippen molar-refractivity contribution in [3.05, 3.63) is 28.8 Å². The summed E-state index contributed by atoms with van der Waals surface area (Å²) in [5, 5.41) is 0.811. The first-order valence-corrected chi connectivity index (χ1v) is 9.18. The third-order valence-electron chi connectivity index (χ3n) is 4.91. The van der Waals surface area contributed by atoms with Crippen LogP contribution in [0.1, 0.15) is 57.9 Å². The summed E-state index contributed by atoms with van der Waals surface area (Å²) < 4.78 is 5.88. The van der Waals surface area contributed by atoms with E-state index in [1.165, 1.54) is 44.3 Å². The zero-order valence-corrected chi connectivity index (χ0v) is 15.0. The van der Waals surface area contributed by atoms with Gasteiger partial charge in [0.2, 0.25) is 0 Å². The van der Waals surface area contributed by atoms with Gasteiger partial charge in [-0.2, -0.15) is 0 Å². The molecule has 124 valence electrons. The molecule has 1 aliphatic rings. The van der Waals surface area contributed by atoms with Gasteiger partial charge in [0.25, 0.3) is 0 Å². The first-order chi connectivity index (χ1) is 10.7. The number of nitrogens with zero attached hydrogens (tertiary/aromatic N) is 1. The standard InChI is InChI=1S/C19H30ClNO/c1-4-15(3)18(14-21-11-7-6-8-12-21)17-13-16(20)9-10-19(17)22-5-2/h9-10,13,15,18H,4-8,11-12,14H2,1-3H3. The summed E-state index contributed by atoms with van der Waals surface area (Å²) in [4.78, 5) is 2.62. The van der Waals surface area contributed by atoms with Gasteiger partial charge >= 0.3 is 0 Å². The molecular formula is C19H30ClNO. The van der Waals surface area contributed by atoms with E-state index in [0.717, 1.165) is 17.3 Å². The Morgan fingerprint density at radius 3 is 2.55 bits per heavy atom. The molecule has 0 saturated carbocycles. The van der Waals surface area contributed by atoms with Crippen molar-refractivity contribution in [2.75, 3.05) is 26.2 Å². The molecule has 1 aromatic carbocycles. The fraction of sp³-hybridized carbons (Fsp3) is 0.684. The second-order valence-corrected chi connectivity index (χ2v) is 6.90. The van der Waals surface area contributed by atoms with Crippen LogP contribution in [0.4, 0.5) is 0 Å². The number of ether oxygens (including phenoxy) is 1. The Hall–Kier alpha value is -0.730. The minimum Gasteiger partial charge on any atom is -0.494 e. The van der Waals surface area contributed by atoms with Crippen LogP contribution < -0.4 is 4.74 Å². The molecule has 0 spiro atoms.